The standard InChI is InChI=1S/C27H34N4O2/c1-20-26(21(2)30-29-20)7-8-27(32)31-15-11-23(12-16-31)17-22-3-5-24(6-4-22)18-33-19-25-9-13-28-14-10-25/h3-6,9-10,13-14,23H,7-8,11-12,15-19H2,1-2H3,(H,29,30). The van der Waals surface area contributed by atoms with Crippen LogP contribution in [-0.4, -0.2) is 39.1 Å². The maximum atomic E-state index is 12.7. The molecular formula is C27H34N4O2. The molecule has 1 aliphatic heterocycles. The molecule has 1 fully saturated rings. The Balaban J connectivity index is 1.17. The number of nitrogens with zero attached hydrogens (tertiary/aromatic N) is 3. The lowest BCUT2D eigenvalue weighted by Gasteiger charge is -2.32. The fraction of sp³-hybridized carbons (Fsp3) is 0.444. The number of rotatable bonds is 9. The Morgan fingerprint density at radius 1 is 1.00 bits per heavy atom. The number of H-pyrrole nitrogens is 1. The third-order valence-corrected chi connectivity index (χ3v) is 6.67. The summed E-state index contributed by atoms with van der Waals surface area (Å²) < 4.78 is 5.82. The predicted molar refractivity (Wildman–Crippen MR) is 129 cm³/mol. The van der Waals surface area contributed by atoms with Gasteiger partial charge in [0.05, 0.1) is 18.9 Å². The van der Waals surface area contributed by atoms with Gasteiger partial charge in [-0.2, -0.15) is 5.10 Å². The number of carbonyl (C=O) groups is 1. The zero-order valence-electron chi connectivity index (χ0n) is 19.7. The van der Waals surface area contributed by atoms with Crippen molar-refractivity contribution < 1.29 is 9.53 Å². The predicted octanol–water partition coefficient (Wildman–Crippen LogP) is 4.55. The fourth-order valence-electron chi connectivity index (χ4n) is 4.59. The number of carbonyl (C=O) groups excluding carboxylic acids is 1. The van der Waals surface area contributed by atoms with Crippen LogP contribution >= 0.6 is 0 Å². The molecule has 3 aromatic rings. The number of hydrogen-bond donors (Lipinski definition) is 1. The summed E-state index contributed by atoms with van der Waals surface area (Å²) in [7, 11) is 0. The van der Waals surface area contributed by atoms with Gasteiger partial charge in [-0.05, 0) is 79.8 Å². The van der Waals surface area contributed by atoms with Gasteiger partial charge in [-0.1, -0.05) is 24.3 Å². The number of aromatic nitrogens is 3. The molecule has 0 spiro atoms. The molecule has 0 atom stereocenters. The Labute approximate surface area is 196 Å². The molecule has 4 rings (SSSR count). The van der Waals surface area contributed by atoms with Crippen molar-refractivity contribution in [1.82, 2.24) is 20.1 Å². The number of piperidine rings is 1. The van der Waals surface area contributed by atoms with Crippen LogP contribution in [-0.2, 0) is 35.6 Å². The van der Waals surface area contributed by atoms with Gasteiger partial charge in [0.15, 0.2) is 0 Å². The van der Waals surface area contributed by atoms with Crippen LogP contribution in [0, 0.1) is 19.8 Å². The molecule has 1 aromatic carbocycles. The molecule has 3 heterocycles. The molecule has 6 nitrogen and oxygen atoms in total. The molecule has 174 valence electrons. The van der Waals surface area contributed by atoms with Crippen molar-refractivity contribution in [2.75, 3.05) is 13.1 Å². The van der Waals surface area contributed by atoms with Crippen molar-refractivity contribution in [3.8, 4) is 0 Å². The number of likely N-dealkylation sites (tertiary alicyclic amines) is 1. The van der Waals surface area contributed by atoms with Crippen LogP contribution in [0.25, 0.3) is 0 Å². The highest BCUT2D eigenvalue weighted by Gasteiger charge is 2.23. The lowest BCUT2D eigenvalue weighted by molar-refractivity contribution is -0.132. The van der Waals surface area contributed by atoms with Gasteiger partial charge >= 0.3 is 0 Å². The van der Waals surface area contributed by atoms with Gasteiger partial charge in [-0.25, -0.2) is 0 Å². The van der Waals surface area contributed by atoms with E-state index in [1.807, 2.05) is 30.9 Å². The smallest absolute Gasteiger partial charge is 0.222 e. The van der Waals surface area contributed by atoms with E-state index in [9.17, 15) is 4.79 Å². The van der Waals surface area contributed by atoms with E-state index in [0.717, 1.165) is 55.7 Å². The summed E-state index contributed by atoms with van der Waals surface area (Å²) in [6, 6.07) is 12.7. The minimum Gasteiger partial charge on any atom is -0.372 e. The van der Waals surface area contributed by atoms with Gasteiger partial charge in [-0.3, -0.25) is 14.9 Å². The van der Waals surface area contributed by atoms with Crippen LogP contribution < -0.4 is 0 Å². The quantitative estimate of drug-likeness (QED) is 0.523. The second kappa shape index (κ2) is 11.2. The SMILES string of the molecule is Cc1n[nH]c(C)c1CCC(=O)N1CCC(Cc2ccc(COCc3ccncc3)cc2)CC1. The number of hydrogen-bond acceptors (Lipinski definition) is 4. The first-order valence-electron chi connectivity index (χ1n) is 11.9. The summed E-state index contributed by atoms with van der Waals surface area (Å²) in [6.45, 7) is 6.97. The molecule has 0 bridgehead atoms. The maximum Gasteiger partial charge on any atom is 0.222 e. The molecule has 2 aromatic heterocycles. The summed E-state index contributed by atoms with van der Waals surface area (Å²) in [5.41, 5.74) is 6.96. The summed E-state index contributed by atoms with van der Waals surface area (Å²) in [5.74, 6) is 0.908. The third kappa shape index (κ3) is 6.51. The van der Waals surface area contributed by atoms with E-state index < -0.39 is 0 Å². The topological polar surface area (TPSA) is 71.1 Å². The molecule has 1 amide bonds. The Kier molecular flexibility index (Phi) is 7.89. The van der Waals surface area contributed by atoms with E-state index in [4.69, 9.17) is 4.74 Å². The molecule has 1 N–H and O–H groups in total. The second-order valence-electron chi connectivity index (χ2n) is 9.11. The van der Waals surface area contributed by atoms with Crippen LogP contribution in [0.15, 0.2) is 48.8 Å². The van der Waals surface area contributed by atoms with Crippen molar-refractivity contribution in [2.45, 2.75) is 59.2 Å². The highest BCUT2D eigenvalue weighted by atomic mass is 16.5. The largest absolute Gasteiger partial charge is 0.372 e. The number of amides is 1. The first-order valence-corrected chi connectivity index (χ1v) is 11.9. The van der Waals surface area contributed by atoms with E-state index in [-0.39, 0.29) is 5.91 Å². The van der Waals surface area contributed by atoms with Gasteiger partial charge in [-0.15, -0.1) is 0 Å². The van der Waals surface area contributed by atoms with E-state index in [2.05, 4.69) is 39.4 Å². The minimum absolute atomic E-state index is 0.268. The molecule has 0 radical (unpaired) electrons. The van der Waals surface area contributed by atoms with Gasteiger partial charge < -0.3 is 9.64 Å². The molecule has 1 aliphatic rings. The van der Waals surface area contributed by atoms with Gasteiger partial charge in [0.1, 0.15) is 0 Å². The Morgan fingerprint density at radius 3 is 2.27 bits per heavy atom. The van der Waals surface area contributed by atoms with Crippen molar-refractivity contribution in [3.63, 3.8) is 0 Å². The molecule has 33 heavy (non-hydrogen) atoms. The number of aryl methyl sites for hydroxylation is 2. The average molecular weight is 447 g/mol. The lowest BCUT2D eigenvalue weighted by atomic mass is 9.89. The van der Waals surface area contributed by atoms with Crippen LogP contribution in [0.5, 0.6) is 0 Å². The molecule has 0 unspecified atom stereocenters. The van der Waals surface area contributed by atoms with Crippen LogP contribution in [0.3, 0.4) is 0 Å². The van der Waals surface area contributed by atoms with Crippen molar-refractivity contribution in [1.29, 1.82) is 0 Å². The Bertz CT molecular complexity index is 1000. The zero-order chi connectivity index (χ0) is 23.0. The van der Waals surface area contributed by atoms with Crippen molar-refractivity contribution in [3.05, 3.63) is 82.4 Å². The highest BCUT2D eigenvalue weighted by Crippen LogP contribution is 2.23. The van der Waals surface area contributed by atoms with Crippen molar-refractivity contribution in [2.24, 2.45) is 5.92 Å². The van der Waals surface area contributed by atoms with E-state index >= 15 is 0 Å². The van der Waals surface area contributed by atoms with Gasteiger partial charge in [0.2, 0.25) is 5.91 Å². The van der Waals surface area contributed by atoms with Gasteiger partial charge in [0, 0.05) is 37.6 Å². The fourth-order valence-corrected chi connectivity index (χ4v) is 4.59. The summed E-state index contributed by atoms with van der Waals surface area (Å²) in [6.07, 6.45) is 8.14. The highest BCUT2D eigenvalue weighted by molar-refractivity contribution is 5.76. The summed E-state index contributed by atoms with van der Waals surface area (Å²) >= 11 is 0. The molecule has 6 heteroatoms. The first kappa shape index (κ1) is 23.2. The zero-order valence-corrected chi connectivity index (χ0v) is 19.7. The normalized spacial score (nSPS) is 14.5. The average Bonchev–Trinajstić information content (AvgIpc) is 3.17. The van der Waals surface area contributed by atoms with Crippen LogP contribution in [0.2, 0.25) is 0 Å². The van der Waals surface area contributed by atoms with Gasteiger partial charge in [0.25, 0.3) is 0 Å². The molecular weight excluding hydrogens is 412 g/mol. The first-order chi connectivity index (χ1) is 16.1. The summed E-state index contributed by atoms with van der Waals surface area (Å²) in [5, 5.41) is 7.24. The number of aromatic amines is 1. The molecule has 0 aliphatic carbocycles. The Hall–Kier alpha value is -2.99. The van der Waals surface area contributed by atoms with Crippen LogP contribution in [0.4, 0.5) is 0 Å². The maximum absolute atomic E-state index is 12.7. The Morgan fingerprint density at radius 2 is 1.64 bits per heavy atom. The minimum atomic E-state index is 0.268. The third-order valence-electron chi connectivity index (χ3n) is 6.67. The lowest BCUT2D eigenvalue weighted by Crippen LogP contribution is -2.39. The number of pyridine rings is 1. The summed E-state index contributed by atoms with van der Waals surface area (Å²) in [4.78, 5) is 18.7. The number of ether oxygens (including phenoxy) is 1. The van der Waals surface area contributed by atoms with E-state index in [1.165, 1.54) is 16.7 Å². The number of nitrogens with one attached hydrogen (secondary N) is 1. The van der Waals surface area contributed by atoms with E-state index in [0.29, 0.717) is 25.6 Å². The van der Waals surface area contributed by atoms with Crippen molar-refractivity contribution >= 4 is 5.91 Å². The van der Waals surface area contributed by atoms with E-state index in [1.54, 1.807) is 12.4 Å². The molecule has 0 saturated carbocycles. The monoisotopic (exact) mass is 446 g/mol. The van der Waals surface area contributed by atoms with Crippen LogP contribution in [0.1, 0.15) is 52.9 Å². The number of benzene rings is 1. The second-order valence-corrected chi connectivity index (χ2v) is 9.11. The molecule has 1 saturated heterocycles.